The van der Waals surface area contributed by atoms with Gasteiger partial charge in [0.05, 0.1) is 5.56 Å². The number of esters is 1. The first-order chi connectivity index (χ1) is 17.9. The van der Waals surface area contributed by atoms with Gasteiger partial charge in [0.15, 0.2) is 0 Å². The van der Waals surface area contributed by atoms with E-state index in [9.17, 15) is 19.2 Å². The fraction of sp³-hybridized carbons (Fsp3) is 0.448. The molecule has 9 heteroatoms. The normalized spacial score (nSPS) is 20.1. The molecule has 9 nitrogen and oxygen atoms in total. The van der Waals surface area contributed by atoms with Crippen molar-refractivity contribution in [2.75, 3.05) is 25.0 Å². The second kappa shape index (κ2) is 9.45. The zero-order valence-corrected chi connectivity index (χ0v) is 21.9. The van der Waals surface area contributed by atoms with Gasteiger partial charge in [-0.15, -0.1) is 0 Å². The predicted molar refractivity (Wildman–Crippen MR) is 140 cm³/mol. The number of nitrogens with one attached hydrogen (secondary N) is 1. The van der Waals surface area contributed by atoms with Crippen molar-refractivity contribution < 1.29 is 29.0 Å². The third kappa shape index (κ3) is 4.97. The van der Waals surface area contributed by atoms with Crippen LogP contribution in [0.5, 0.6) is 0 Å². The maximum absolute atomic E-state index is 13.6. The van der Waals surface area contributed by atoms with Crippen LogP contribution in [0.3, 0.4) is 0 Å². The van der Waals surface area contributed by atoms with Crippen molar-refractivity contribution in [1.82, 2.24) is 9.80 Å². The summed E-state index contributed by atoms with van der Waals surface area (Å²) in [4.78, 5) is 53.8. The van der Waals surface area contributed by atoms with Gasteiger partial charge in [-0.25, -0.2) is 9.59 Å². The summed E-state index contributed by atoms with van der Waals surface area (Å²) in [7, 11) is 0. The molecule has 1 aliphatic carbocycles. The summed E-state index contributed by atoms with van der Waals surface area (Å²) in [5, 5.41) is 12.1. The van der Waals surface area contributed by atoms with Crippen LogP contribution >= 0.6 is 0 Å². The van der Waals surface area contributed by atoms with Crippen LogP contribution in [0.2, 0.25) is 0 Å². The fourth-order valence-corrected chi connectivity index (χ4v) is 5.88. The maximum atomic E-state index is 13.6. The number of carbonyl (C=O) groups excluding carboxylic acids is 3. The van der Waals surface area contributed by atoms with E-state index < -0.39 is 23.7 Å². The molecule has 3 amide bonds. The molecule has 1 unspecified atom stereocenters. The number of carboxylic acid groups (broad SMARTS) is 1. The molecule has 38 heavy (non-hydrogen) atoms. The fourth-order valence-electron chi connectivity index (χ4n) is 5.88. The van der Waals surface area contributed by atoms with Gasteiger partial charge < -0.3 is 25.0 Å². The first-order valence-corrected chi connectivity index (χ1v) is 13.0. The van der Waals surface area contributed by atoms with Gasteiger partial charge in [-0.2, -0.15) is 0 Å². The van der Waals surface area contributed by atoms with Gasteiger partial charge in [-0.05, 0) is 75.4 Å². The molecule has 2 aromatic carbocycles. The topological polar surface area (TPSA) is 116 Å². The van der Waals surface area contributed by atoms with E-state index in [2.05, 4.69) is 5.32 Å². The van der Waals surface area contributed by atoms with E-state index in [4.69, 9.17) is 9.84 Å². The van der Waals surface area contributed by atoms with Crippen molar-refractivity contribution in [2.45, 2.75) is 51.7 Å². The Kier molecular flexibility index (Phi) is 6.41. The summed E-state index contributed by atoms with van der Waals surface area (Å²) in [6.45, 7) is 6.78. The SMILES string of the molecule is CC(C)(C)OC(=O)c1ccc(NC(=O)C2c3ccccc3CCN2C(=O)C2CC3(C2)CN(C(=O)O)C3)cc1. The lowest BCUT2D eigenvalue weighted by atomic mass is 9.57. The third-order valence-electron chi connectivity index (χ3n) is 7.63. The largest absolute Gasteiger partial charge is 0.465 e. The monoisotopic (exact) mass is 519 g/mol. The lowest BCUT2D eigenvalue weighted by Gasteiger charge is -2.58. The predicted octanol–water partition coefficient (Wildman–Crippen LogP) is 4.10. The number of anilines is 1. The molecule has 2 fully saturated rings. The Hall–Kier alpha value is -3.88. The van der Waals surface area contributed by atoms with E-state index in [0.717, 1.165) is 11.1 Å². The number of amides is 3. The number of rotatable bonds is 4. The highest BCUT2D eigenvalue weighted by Crippen LogP contribution is 2.53. The lowest BCUT2D eigenvalue weighted by molar-refractivity contribution is -0.156. The summed E-state index contributed by atoms with van der Waals surface area (Å²) < 4.78 is 5.40. The van der Waals surface area contributed by atoms with Crippen molar-refractivity contribution in [3.8, 4) is 0 Å². The van der Waals surface area contributed by atoms with Crippen LogP contribution in [0, 0.1) is 11.3 Å². The van der Waals surface area contributed by atoms with Gasteiger partial charge in [0.25, 0.3) is 5.91 Å². The quantitative estimate of drug-likeness (QED) is 0.588. The lowest BCUT2D eigenvalue weighted by Crippen LogP contribution is -2.65. The molecule has 0 bridgehead atoms. The number of hydrogen-bond donors (Lipinski definition) is 2. The van der Waals surface area contributed by atoms with E-state index in [1.807, 2.05) is 24.3 Å². The molecule has 3 aliphatic rings. The Morgan fingerprint density at radius 3 is 2.29 bits per heavy atom. The Morgan fingerprint density at radius 1 is 1.00 bits per heavy atom. The number of fused-ring (bicyclic) bond motifs is 1. The zero-order chi connectivity index (χ0) is 27.2. The third-order valence-corrected chi connectivity index (χ3v) is 7.63. The molecule has 1 atom stereocenters. The van der Waals surface area contributed by atoms with Crippen LogP contribution in [0.25, 0.3) is 0 Å². The molecule has 5 rings (SSSR count). The highest BCUT2D eigenvalue weighted by atomic mass is 16.6. The molecule has 1 saturated carbocycles. The van der Waals surface area contributed by atoms with E-state index in [0.29, 0.717) is 50.1 Å². The molecule has 0 aromatic heterocycles. The van der Waals surface area contributed by atoms with E-state index in [1.165, 1.54) is 4.90 Å². The van der Waals surface area contributed by atoms with E-state index >= 15 is 0 Å². The molecular weight excluding hydrogens is 486 g/mol. The van der Waals surface area contributed by atoms with Crippen LogP contribution in [0.1, 0.15) is 61.1 Å². The number of hydrogen-bond acceptors (Lipinski definition) is 5. The first-order valence-electron chi connectivity index (χ1n) is 13.0. The summed E-state index contributed by atoms with van der Waals surface area (Å²) in [5.74, 6) is -1.02. The Morgan fingerprint density at radius 2 is 1.66 bits per heavy atom. The van der Waals surface area contributed by atoms with Crippen LogP contribution in [0.15, 0.2) is 48.5 Å². The average molecular weight is 520 g/mol. The van der Waals surface area contributed by atoms with Gasteiger partial charge in [0.2, 0.25) is 5.91 Å². The van der Waals surface area contributed by atoms with Gasteiger partial charge in [0.1, 0.15) is 11.6 Å². The van der Waals surface area contributed by atoms with Crippen molar-refractivity contribution >= 4 is 29.6 Å². The highest BCUT2D eigenvalue weighted by Gasteiger charge is 2.57. The molecule has 200 valence electrons. The Labute approximate surface area is 221 Å². The Balaban J connectivity index is 1.30. The highest BCUT2D eigenvalue weighted by molar-refractivity contribution is 5.99. The van der Waals surface area contributed by atoms with E-state index in [-0.39, 0.29) is 23.1 Å². The molecule has 2 N–H and O–H groups in total. The molecule has 2 aliphatic heterocycles. The number of carbonyl (C=O) groups is 4. The first kappa shape index (κ1) is 25.8. The number of nitrogens with zero attached hydrogens (tertiary/aromatic N) is 2. The van der Waals surface area contributed by atoms with Crippen molar-refractivity contribution in [1.29, 1.82) is 0 Å². The molecule has 0 radical (unpaired) electrons. The Bertz CT molecular complexity index is 1270. The standard InChI is InChI=1S/C29H33N3O6/c1-28(2,3)38-26(35)19-8-10-21(11-9-19)30-24(33)23-22-7-5-4-6-18(22)12-13-32(23)25(34)20-14-29(15-20)16-31(17-29)27(36)37/h4-11,20,23H,12-17H2,1-3H3,(H,30,33)(H,36,37). The summed E-state index contributed by atoms with van der Waals surface area (Å²) in [6.07, 6.45) is 1.04. The minimum Gasteiger partial charge on any atom is -0.465 e. The number of benzene rings is 2. The number of likely N-dealkylation sites (tertiary alicyclic amines) is 1. The maximum Gasteiger partial charge on any atom is 0.407 e. The van der Waals surface area contributed by atoms with Crippen molar-refractivity contribution in [2.24, 2.45) is 11.3 Å². The zero-order valence-electron chi connectivity index (χ0n) is 21.9. The van der Waals surface area contributed by atoms with Crippen LogP contribution in [-0.2, 0) is 20.7 Å². The summed E-state index contributed by atoms with van der Waals surface area (Å²) >= 11 is 0. The second-order valence-corrected chi connectivity index (χ2v) is 11.7. The summed E-state index contributed by atoms with van der Waals surface area (Å²) in [5.41, 5.74) is 2.04. The average Bonchev–Trinajstić information content (AvgIpc) is 2.80. The van der Waals surface area contributed by atoms with Gasteiger partial charge in [0, 0.05) is 36.7 Å². The molecule has 2 heterocycles. The van der Waals surface area contributed by atoms with Crippen LogP contribution < -0.4 is 5.32 Å². The minimum absolute atomic E-state index is 0.0562. The molecule has 1 spiro atoms. The van der Waals surface area contributed by atoms with Crippen molar-refractivity contribution in [3.63, 3.8) is 0 Å². The van der Waals surface area contributed by atoms with Crippen molar-refractivity contribution in [3.05, 3.63) is 65.2 Å². The van der Waals surface area contributed by atoms with Gasteiger partial charge in [-0.3, -0.25) is 9.59 Å². The molecule has 1 saturated heterocycles. The number of ether oxygens (including phenoxy) is 1. The second-order valence-electron chi connectivity index (χ2n) is 11.7. The molecule has 2 aromatic rings. The van der Waals surface area contributed by atoms with Crippen LogP contribution in [0.4, 0.5) is 10.5 Å². The van der Waals surface area contributed by atoms with Gasteiger partial charge in [-0.1, -0.05) is 24.3 Å². The molecular formula is C29H33N3O6. The van der Waals surface area contributed by atoms with Gasteiger partial charge >= 0.3 is 12.1 Å². The van der Waals surface area contributed by atoms with Crippen LogP contribution in [-0.4, -0.2) is 64.0 Å². The van der Waals surface area contributed by atoms with E-state index in [1.54, 1.807) is 49.9 Å². The summed E-state index contributed by atoms with van der Waals surface area (Å²) in [6, 6.07) is 13.4. The smallest absolute Gasteiger partial charge is 0.407 e. The minimum atomic E-state index is -0.922.